The molecule has 0 radical (unpaired) electrons. The van der Waals surface area contributed by atoms with Gasteiger partial charge in [-0.15, -0.1) is 11.3 Å². The average Bonchev–Trinajstić information content (AvgIpc) is 3.30. The zero-order chi connectivity index (χ0) is 21.0. The van der Waals surface area contributed by atoms with Crippen LogP contribution in [-0.4, -0.2) is 41.3 Å². The quantitative estimate of drug-likeness (QED) is 0.623. The highest BCUT2D eigenvalue weighted by Crippen LogP contribution is 2.23. The van der Waals surface area contributed by atoms with Gasteiger partial charge in [-0.2, -0.15) is 5.10 Å². The molecule has 0 atom stereocenters. The summed E-state index contributed by atoms with van der Waals surface area (Å²) in [4.78, 5) is 36.6. The minimum Gasteiger partial charge on any atom is -0.465 e. The number of carbonyl (C=O) groups is 3. The molecule has 2 aromatic heterocycles. The van der Waals surface area contributed by atoms with E-state index < -0.39 is 24.5 Å². The summed E-state index contributed by atoms with van der Waals surface area (Å²) in [5.41, 5.74) is 2.56. The molecule has 0 saturated heterocycles. The van der Waals surface area contributed by atoms with Crippen LogP contribution in [0.5, 0.6) is 0 Å². The molecule has 0 aliphatic carbocycles. The molecule has 3 aromatic rings. The lowest BCUT2D eigenvalue weighted by Gasteiger charge is -2.08. The van der Waals surface area contributed by atoms with Crippen LogP contribution in [0.3, 0.4) is 0 Å². The molecule has 3 rings (SSSR count). The number of anilines is 1. The van der Waals surface area contributed by atoms with Gasteiger partial charge < -0.3 is 14.8 Å². The number of esters is 2. The van der Waals surface area contributed by atoms with Gasteiger partial charge in [0.15, 0.2) is 6.61 Å². The van der Waals surface area contributed by atoms with Crippen LogP contribution in [0.15, 0.2) is 41.8 Å². The van der Waals surface area contributed by atoms with Crippen LogP contribution in [0.2, 0.25) is 0 Å². The topological polar surface area (TPSA) is 99.5 Å². The van der Waals surface area contributed by atoms with Crippen molar-refractivity contribution >= 4 is 34.9 Å². The molecule has 0 saturated carbocycles. The second-order valence-electron chi connectivity index (χ2n) is 6.07. The number of methoxy groups -OCH3 is 1. The Kier molecular flexibility index (Phi) is 6.08. The van der Waals surface area contributed by atoms with E-state index in [9.17, 15) is 14.4 Å². The molecule has 0 aliphatic heterocycles. The first-order valence-corrected chi connectivity index (χ1v) is 9.54. The van der Waals surface area contributed by atoms with E-state index in [2.05, 4.69) is 15.2 Å². The standard InChI is InChI=1S/C20H19N3O5S/c1-12-17(13(2)23(22-12)14-7-5-4-6-8-14)19(25)28-11-16(24)21-15-9-10-29-18(15)20(26)27-3/h4-10H,11H2,1-3H3,(H,21,24). The molecular formula is C20H19N3O5S. The van der Waals surface area contributed by atoms with Crippen LogP contribution in [0.1, 0.15) is 31.4 Å². The lowest BCUT2D eigenvalue weighted by atomic mass is 10.2. The molecule has 0 unspecified atom stereocenters. The maximum atomic E-state index is 12.5. The van der Waals surface area contributed by atoms with Crippen molar-refractivity contribution in [2.75, 3.05) is 19.0 Å². The van der Waals surface area contributed by atoms with E-state index in [-0.39, 0.29) is 4.88 Å². The Morgan fingerprint density at radius 2 is 1.83 bits per heavy atom. The van der Waals surface area contributed by atoms with E-state index >= 15 is 0 Å². The van der Waals surface area contributed by atoms with Gasteiger partial charge in [0, 0.05) is 0 Å². The molecule has 1 amide bonds. The Bertz CT molecular complexity index is 1060. The van der Waals surface area contributed by atoms with E-state index in [1.54, 1.807) is 30.0 Å². The Hall–Kier alpha value is -3.46. The van der Waals surface area contributed by atoms with E-state index in [1.807, 2.05) is 30.3 Å². The number of nitrogens with one attached hydrogen (secondary N) is 1. The predicted octanol–water partition coefficient (Wildman–Crippen LogP) is 3.13. The molecule has 0 bridgehead atoms. The molecule has 150 valence electrons. The van der Waals surface area contributed by atoms with Gasteiger partial charge in [0.2, 0.25) is 0 Å². The number of carbonyl (C=O) groups excluding carboxylic acids is 3. The van der Waals surface area contributed by atoms with Gasteiger partial charge in [0.25, 0.3) is 5.91 Å². The normalized spacial score (nSPS) is 10.4. The number of thiophene rings is 1. The molecule has 29 heavy (non-hydrogen) atoms. The minimum atomic E-state index is -0.643. The van der Waals surface area contributed by atoms with Crippen molar-refractivity contribution in [3.63, 3.8) is 0 Å². The van der Waals surface area contributed by atoms with Gasteiger partial charge in [-0.05, 0) is 37.4 Å². The van der Waals surface area contributed by atoms with Crippen LogP contribution in [-0.2, 0) is 14.3 Å². The maximum absolute atomic E-state index is 12.5. The van der Waals surface area contributed by atoms with E-state index in [0.717, 1.165) is 17.0 Å². The maximum Gasteiger partial charge on any atom is 0.350 e. The van der Waals surface area contributed by atoms with Crippen molar-refractivity contribution in [2.45, 2.75) is 13.8 Å². The summed E-state index contributed by atoms with van der Waals surface area (Å²) in [5.74, 6) is -1.75. The van der Waals surface area contributed by atoms with Crippen molar-refractivity contribution in [2.24, 2.45) is 0 Å². The van der Waals surface area contributed by atoms with Crippen molar-refractivity contribution < 1.29 is 23.9 Å². The number of ether oxygens (including phenoxy) is 2. The highest BCUT2D eigenvalue weighted by atomic mass is 32.1. The summed E-state index contributed by atoms with van der Waals surface area (Å²) in [5, 5.41) is 8.59. The fourth-order valence-corrected chi connectivity index (χ4v) is 3.57. The van der Waals surface area contributed by atoms with Crippen LogP contribution in [0.4, 0.5) is 5.69 Å². The summed E-state index contributed by atoms with van der Waals surface area (Å²) >= 11 is 1.14. The summed E-state index contributed by atoms with van der Waals surface area (Å²) in [6.45, 7) is 2.97. The number of rotatable bonds is 6. The van der Waals surface area contributed by atoms with Crippen molar-refractivity contribution in [3.05, 3.63) is 63.6 Å². The summed E-state index contributed by atoms with van der Waals surface area (Å²) in [6.07, 6.45) is 0. The fraction of sp³-hybridized carbons (Fsp3) is 0.200. The first-order chi connectivity index (χ1) is 13.9. The van der Waals surface area contributed by atoms with Gasteiger partial charge in [-0.3, -0.25) is 4.79 Å². The van der Waals surface area contributed by atoms with Crippen molar-refractivity contribution in [1.82, 2.24) is 9.78 Å². The number of aromatic nitrogens is 2. The van der Waals surface area contributed by atoms with Crippen molar-refractivity contribution in [1.29, 1.82) is 0 Å². The third kappa shape index (κ3) is 4.35. The minimum absolute atomic E-state index is 0.267. The number of amides is 1. The van der Waals surface area contributed by atoms with Crippen LogP contribution >= 0.6 is 11.3 Å². The smallest absolute Gasteiger partial charge is 0.350 e. The van der Waals surface area contributed by atoms with Crippen LogP contribution in [0.25, 0.3) is 5.69 Å². The summed E-state index contributed by atoms with van der Waals surface area (Å²) in [6, 6.07) is 11.0. The van der Waals surface area contributed by atoms with Gasteiger partial charge in [0.1, 0.15) is 10.4 Å². The number of benzene rings is 1. The monoisotopic (exact) mass is 413 g/mol. The lowest BCUT2D eigenvalue weighted by Crippen LogP contribution is -2.22. The second-order valence-corrected chi connectivity index (χ2v) is 6.99. The highest BCUT2D eigenvalue weighted by Gasteiger charge is 2.22. The zero-order valence-electron chi connectivity index (χ0n) is 16.1. The Balaban J connectivity index is 1.67. The van der Waals surface area contributed by atoms with E-state index in [1.165, 1.54) is 7.11 Å². The molecule has 1 aromatic carbocycles. The Morgan fingerprint density at radius 3 is 2.52 bits per heavy atom. The molecule has 8 nitrogen and oxygen atoms in total. The second kappa shape index (κ2) is 8.70. The van der Waals surface area contributed by atoms with Gasteiger partial charge in [0.05, 0.1) is 29.9 Å². The molecule has 1 N–H and O–H groups in total. The first-order valence-electron chi connectivity index (χ1n) is 8.66. The number of para-hydroxylation sites is 1. The number of aryl methyl sites for hydroxylation is 1. The highest BCUT2D eigenvalue weighted by molar-refractivity contribution is 7.12. The fourth-order valence-electron chi connectivity index (χ4n) is 2.81. The predicted molar refractivity (Wildman–Crippen MR) is 108 cm³/mol. The van der Waals surface area contributed by atoms with Gasteiger partial charge in [-0.1, -0.05) is 18.2 Å². The molecule has 2 heterocycles. The Labute approximate surface area is 171 Å². The largest absolute Gasteiger partial charge is 0.465 e. The van der Waals surface area contributed by atoms with Gasteiger partial charge in [-0.25, -0.2) is 14.3 Å². The Morgan fingerprint density at radius 1 is 1.10 bits per heavy atom. The van der Waals surface area contributed by atoms with Crippen LogP contribution < -0.4 is 5.32 Å². The average molecular weight is 413 g/mol. The molecule has 9 heteroatoms. The zero-order valence-corrected chi connectivity index (χ0v) is 16.9. The van der Waals surface area contributed by atoms with Crippen molar-refractivity contribution in [3.8, 4) is 5.69 Å². The lowest BCUT2D eigenvalue weighted by molar-refractivity contribution is -0.119. The van der Waals surface area contributed by atoms with Gasteiger partial charge >= 0.3 is 11.9 Å². The number of hydrogen-bond donors (Lipinski definition) is 1. The SMILES string of the molecule is COC(=O)c1sccc1NC(=O)COC(=O)c1c(C)nn(-c2ccccc2)c1C. The van der Waals surface area contributed by atoms with E-state index in [4.69, 9.17) is 4.74 Å². The number of nitrogens with zero attached hydrogens (tertiary/aromatic N) is 2. The first kappa shape index (κ1) is 20.3. The summed E-state index contributed by atoms with van der Waals surface area (Å²) in [7, 11) is 1.26. The summed E-state index contributed by atoms with van der Waals surface area (Å²) < 4.78 is 11.5. The molecule has 0 fully saturated rings. The number of hydrogen-bond acceptors (Lipinski definition) is 7. The molecular weight excluding hydrogens is 394 g/mol. The van der Waals surface area contributed by atoms with E-state index in [0.29, 0.717) is 22.6 Å². The molecule has 0 aliphatic rings. The van der Waals surface area contributed by atoms with Crippen LogP contribution in [0, 0.1) is 13.8 Å². The molecule has 0 spiro atoms. The third-order valence-corrected chi connectivity index (χ3v) is 5.04. The third-order valence-electron chi connectivity index (χ3n) is 4.14.